The number of nitrogens with zero attached hydrogens (tertiary/aromatic N) is 2. The van der Waals surface area contributed by atoms with Gasteiger partial charge >= 0.3 is 6.18 Å². The fourth-order valence-electron chi connectivity index (χ4n) is 1.93. The maximum Gasteiger partial charge on any atom is 0.455 e. The van der Waals surface area contributed by atoms with Crippen LogP contribution in [0.3, 0.4) is 0 Å². The van der Waals surface area contributed by atoms with E-state index in [0.29, 0.717) is 30.2 Å². The molecule has 0 saturated carbocycles. The summed E-state index contributed by atoms with van der Waals surface area (Å²) in [5, 5.41) is 3.31. The van der Waals surface area contributed by atoms with Crippen molar-refractivity contribution in [3.8, 4) is 11.5 Å². The van der Waals surface area contributed by atoms with E-state index >= 15 is 0 Å². The summed E-state index contributed by atoms with van der Waals surface area (Å²) < 4.78 is 47.3. The lowest BCUT2D eigenvalue weighted by atomic mass is 10.1. The summed E-state index contributed by atoms with van der Waals surface area (Å²) in [7, 11) is 0. The third-order valence-corrected chi connectivity index (χ3v) is 3.78. The molecule has 3 rings (SSSR count). The highest BCUT2D eigenvalue weighted by Crippen LogP contribution is 2.41. The Hall–Kier alpha value is -1.61. The Kier molecular flexibility index (Phi) is 2.75. The zero-order valence-corrected chi connectivity index (χ0v) is 10.3. The molecule has 3 heterocycles. The van der Waals surface area contributed by atoms with E-state index in [4.69, 9.17) is 10.5 Å². The molecular weight excluding hydrogens is 283 g/mol. The van der Waals surface area contributed by atoms with Crippen LogP contribution >= 0.6 is 11.3 Å². The normalized spacial score (nSPS) is 15.5. The average molecular weight is 291 g/mol. The summed E-state index contributed by atoms with van der Waals surface area (Å²) >= 11 is 1.27. The van der Waals surface area contributed by atoms with Gasteiger partial charge in [-0.15, -0.1) is 11.3 Å². The molecular formula is C10H8F3N3O2S. The standard InChI is InChI=1S/C10H8F3N3O2S/c11-10(12,13)9-15-8(18-16-9)6-4-1-2-17-3-5(4)19-7(6)14/h1-3,14H2. The summed E-state index contributed by atoms with van der Waals surface area (Å²) in [6, 6.07) is 0. The maximum absolute atomic E-state index is 12.4. The lowest BCUT2D eigenvalue weighted by molar-refractivity contribution is -0.146. The van der Waals surface area contributed by atoms with Crippen molar-refractivity contribution >= 4 is 16.3 Å². The number of anilines is 1. The topological polar surface area (TPSA) is 74.2 Å². The molecule has 0 bridgehead atoms. The van der Waals surface area contributed by atoms with Gasteiger partial charge in [0.15, 0.2) is 0 Å². The van der Waals surface area contributed by atoms with Gasteiger partial charge < -0.3 is 15.0 Å². The number of halogens is 3. The number of rotatable bonds is 1. The molecule has 2 aromatic rings. The molecule has 0 aromatic carbocycles. The summed E-state index contributed by atoms with van der Waals surface area (Å²) in [5.41, 5.74) is 7.07. The third kappa shape index (κ3) is 2.08. The molecule has 0 atom stereocenters. The molecule has 102 valence electrons. The number of alkyl halides is 3. The second-order valence-electron chi connectivity index (χ2n) is 3.97. The van der Waals surface area contributed by atoms with Gasteiger partial charge in [0.05, 0.1) is 23.8 Å². The number of ether oxygens (including phenoxy) is 1. The van der Waals surface area contributed by atoms with Crippen LogP contribution in [0.15, 0.2) is 4.52 Å². The summed E-state index contributed by atoms with van der Waals surface area (Å²) in [6.07, 6.45) is -4.06. The van der Waals surface area contributed by atoms with Crippen LogP contribution in [0.1, 0.15) is 16.3 Å². The van der Waals surface area contributed by atoms with Gasteiger partial charge in [-0.1, -0.05) is 5.16 Å². The molecule has 0 spiro atoms. The van der Waals surface area contributed by atoms with Gasteiger partial charge in [0.1, 0.15) is 0 Å². The Morgan fingerprint density at radius 2 is 2.11 bits per heavy atom. The molecule has 5 nitrogen and oxygen atoms in total. The largest absolute Gasteiger partial charge is 0.455 e. The quantitative estimate of drug-likeness (QED) is 0.873. The summed E-state index contributed by atoms with van der Waals surface area (Å²) in [6.45, 7) is 0.904. The zero-order valence-electron chi connectivity index (χ0n) is 9.45. The van der Waals surface area contributed by atoms with E-state index in [2.05, 4.69) is 14.7 Å². The molecule has 0 saturated heterocycles. The predicted molar refractivity (Wildman–Crippen MR) is 60.4 cm³/mol. The molecule has 0 unspecified atom stereocenters. The molecule has 0 amide bonds. The van der Waals surface area contributed by atoms with Gasteiger partial charge in [-0.3, -0.25) is 0 Å². The zero-order chi connectivity index (χ0) is 13.6. The van der Waals surface area contributed by atoms with Crippen molar-refractivity contribution in [1.29, 1.82) is 0 Å². The summed E-state index contributed by atoms with van der Waals surface area (Å²) in [4.78, 5) is 4.27. The molecule has 9 heteroatoms. The highest BCUT2D eigenvalue weighted by molar-refractivity contribution is 7.16. The smallest absolute Gasteiger partial charge is 0.390 e. The first-order chi connectivity index (χ1) is 8.97. The van der Waals surface area contributed by atoms with E-state index in [-0.39, 0.29) is 5.89 Å². The first kappa shape index (κ1) is 12.4. The Bertz CT molecular complexity index is 620. The fourth-order valence-corrected chi connectivity index (χ4v) is 2.98. The Morgan fingerprint density at radius 1 is 1.32 bits per heavy atom. The minimum Gasteiger partial charge on any atom is -0.390 e. The van der Waals surface area contributed by atoms with Crippen LogP contribution in [-0.2, 0) is 23.9 Å². The summed E-state index contributed by atoms with van der Waals surface area (Å²) in [5.74, 6) is -1.49. The Balaban J connectivity index is 2.07. The monoisotopic (exact) mass is 291 g/mol. The molecule has 1 aliphatic rings. The Labute approximate surface area is 109 Å². The van der Waals surface area contributed by atoms with Gasteiger partial charge in [-0.25, -0.2) is 0 Å². The van der Waals surface area contributed by atoms with E-state index in [0.717, 1.165) is 10.4 Å². The minimum absolute atomic E-state index is 0.191. The average Bonchev–Trinajstić information content (AvgIpc) is 2.90. The number of aromatic nitrogens is 2. The minimum atomic E-state index is -4.63. The number of fused-ring (bicyclic) bond motifs is 1. The van der Waals surface area contributed by atoms with Crippen molar-refractivity contribution < 1.29 is 22.4 Å². The van der Waals surface area contributed by atoms with E-state index in [9.17, 15) is 13.2 Å². The van der Waals surface area contributed by atoms with Crippen molar-refractivity contribution in [3.63, 3.8) is 0 Å². The van der Waals surface area contributed by atoms with Crippen LogP contribution < -0.4 is 5.73 Å². The number of thiophene rings is 1. The molecule has 0 aliphatic carbocycles. The van der Waals surface area contributed by atoms with Crippen molar-refractivity contribution in [2.24, 2.45) is 0 Å². The van der Waals surface area contributed by atoms with Crippen LogP contribution in [0.4, 0.5) is 18.2 Å². The third-order valence-electron chi connectivity index (χ3n) is 2.74. The van der Waals surface area contributed by atoms with Crippen LogP contribution in [0, 0.1) is 0 Å². The predicted octanol–water partition coefficient (Wildman–Crippen LogP) is 2.47. The lowest BCUT2D eigenvalue weighted by Crippen LogP contribution is -2.08. The number of nitrogens with two attached hydrogens (primary N) is 1. The van der Waals surface area contributed by atoms with Crippen molar-refractivity contribution in [1.82, 2.24) is 10.1 Å². The van der Waals surface area contributed by atoms with Gasteiger partial charge in [-0.2, -0.15) is 18.2 Å². The number of nitrogen functional groups attached to an aromatic ring is 1. The first-order valence-electron chi connectivity index (χ1n) is 5.36. The van der Waals surface area contributed by atoms with Crippen molar-refractivity contribution in [3.05, 3.63) is 16.3 Å². The molecule has 0 radical (unpaired) electrons. The van der Waals surface area contributed by atoms with Gasteiger partial charge in [0.2, 0.25) is 0 Å². The van der Waals surface area contributed by atoms with Crippen LogP contribution in [0.25, 0.3) is 11.5 Å². The first-order valence-corrected chi connectivity index (χ1v) is 6.17. The lowest BCUT2D eigenvalue weighted by Gasteiger charge is -2.12. The van der Waals surface area contributed by atoms with E-state index < -0.39 is 12.0 Å². The fraction of sp³-hybridized carbons (Fsp3) is 0.400. The number of hydrogen-bond acceptors (Lipinski definition) is 6. The van der Waals surface area contributed by atoms with Crippen molar-refractivity contribution in [2.45, 2.75) is 19.2 Å². The van der Waals surface area contributed by atoms with Crippen molar-refractivity contribution in [2.75, 3.05) is 12.3 Å². The molecule has 2 aromatic heterocycles. The molecule has 0 fully saturated rings. The highest BCUT2D eigenvalue weighted by atomic mass is 32.1. The maximum atomic E-state index is 12.4. The highest BCUT2D eigenvalue weighted by Gasteiger charge is 2.38. The molecule has 2 N–H and O–H groups in total. The SMILES string of the molecule is Nc1sc2c(c1-c1nc(C(F)(F)F)no1)CCOC2. The molecule has 1 aliphatic heterocycles. The van der Waals surface area contributed by atoms with Gasteiger partial charge in [0, 0.05) is 4.88 Å². The molecule has 19 heavy (non-hydrogen) atoms. The second-order valence-corrected chi connectivity index (χ2v) is 5.10. The number of hydrogen-bond donors (Lipinski definition) is 1. The second kappa shape index (κ2) is 4.20. The van der Waals surface area contributed by atoms with Crippen LogP contribution in [0.2, 0.25) is 0 Å². The van der Waals surface area contributed by atoms with Gasteiger partial charge in [-0.05, 0) is 12.0 Å². The van der Waals surface area contributed by atoms with Crippen LogP contribution in [0.5, 0.6) is 0 Å². The van der Waals surface area contributed by atoms with E-state index in [1.54, 1.807) is 0 Å². The van der Waals surface area contributed by atoms with Crippen LogP contribution in [-0.4, -0.2) is 16.7 Å². The van der Waals surface area contributed by atoms with E-state index in [1.807, 2.05) is 0 Å². The van der Waals surface area contributed by atoms with Gasteiger partial charge in [0.25, 0.3) is 11.7 Å². The van der Waals surface area contributed by atoms with E-state index in [1.165, 1.54) is 11.3 Å². The Morgan fingerprint density at radius 3 is 2.79 bits per heavy atom.